The summed E-state index contributed by atoms with van der Waals surface area (Å²) in [5.41, 5.74) is 5.50. The number of hydrogen-bond donors (Lipinski definition) is 2. The lowest BCUT2D eigenvalue weighted by Crippen LogP contribution is -2.38. The van der Waals surface area contributed by atoms with Crippen molar-refractivity contribution in [3.63, 3.8) is 0 Å². The standard InChI is InChI=1S/C30H37ClFN3O2.C4H10O.C2H4.CH2O2/c1-20(2)16-24-21(3)33-19-25(29(24)35-12-10-30(4,5)11-13-35)27-8-7-23(18-34-27)36-14-15-37-28-9-6-22(31)17-26(28)32;1-4(2,3)5;1-2;2-1-3/h6-9,17-20H,10-16H2,1-5H3;5H,1-3H3;1-2H2;1H,(H,2,3). The maximum atomic E-state index is 13.9. The summed E-state index contributed by atoms with van der Waals surface area (Å²) in [4.78, 5) is 20.4. The fourth-order valence-corrected chi connectivity index (χ4v) is 4.86. The molecule has 2 N–H and O–H groups in total. The van der Waals surface area contributed by atoms with Gasteiger partial charge in [0.2, 0.25) is 0 Å². The molecule has 47 heavy (non-hydrogen) atoms. The van der Waals surface area contributed by atoms with E-state index < -0.39 is 11.4 Å². The van der Waals surface area contributed by atoms with Gasteiger partial charge in [0.05, 0.1) is 23.2 Å². The first-order valence-corrected chi connectivity index (χ1v) is 16.1. The third kappa shape index (κ3) is 15.2. The number of carboxylic acid groups (broad SMARTS) is 1. The quantitative estimate of drug-likeness (QED) is 0.132. The normalized spacial score (nSPS) is 13.6. The van der Waals surface area contributed by atoms with E-state index in [-0.39, 0.29) is 25.4 Å². The highest BCUT2D eigenvalue weighted by molar-refractivity contribution is 6.30. The van der Waals surface area contributed by atoms with Gasteiger partial charge in [0.15, 0.2) is 11.6 Å². The predicted octanol–water partition coefficient (Wildman–Crippen LogP) is 8.81. The molecule has 1 aliphatic heterocycles. The average Bonchev–Trinajstić information content (AvgIpc) is 2.98. The summed E-state index contributed by atoms with van der Waals surface area (Å²) in [7, 11) is 0. The maximum Gasteiger partial charge on any atom is 0.290 e. The molecule has 10 heteroatoms. The van der Waals surface area contributed by atoms with E-state index >= 15 is 0 Å². The zero-order chi connectivity index (χ0) is 35.8. The second kappa shape index (κ2) is 19.9. The highest BCUT2D eigenvalue weighted by Crippen LogP contribution is 2.40. The van der Waals surface area contributed by atoms with Crippen molar-refractivity contribution in [2.75, 3.05) is 31.2 Å². The Hall–Kier alpha value is -3.69. The zero-order valence-corrected chi connectivity index (χ0v) is 30.0. The first kappa shape index (κ1) is 41.3. The number of halogens is 2. The van der Waals surface area contributed by atoms with Crippen LogP contribution in [0, 0.1) is 24.1 Å². The third-order valence-electron chi connectivity index (χ3n) is 6.93. The Morgan fingerprint density at radius 1 is 1.06 bits per heavy atom. The molecule has 2 aromatic heterocycles. The highest BCUT2D eigenvalue weighted by Gasteiger charge is 2.29. The minimum absolute atomic E-state index is 0.152. The van der Waals surface area contributed by atoms with Crippen molar-refractivity contribution in [2.45, 2.75) is 80.3 Å². The molecule has 8 nitrogen and oxygen atoms in total. The van der Waals surface area contributed by atoms with Gasteiger partial charge in [0.1, 0.15) is 19.0 Å². The van der Waals surface area contributed by atoms with Crippen LogP contribution in [0.2, 0.25) is 5.02 Å². The number of anilines is 1. The number of pyridine rings is 2. The Kier molecular flexibility index (Phi) is 17.5. The minimum Gasteiger partial charge on any atom is -0.488 e. The fraction of sp³-hybridized carbons (Fsp3) is 0.486. The largest absolute Gasteiger partial charge is 0.488 e. The number of hydrogen-bond acceptors (Lipinski definition) is 7. The summed E-state index contributed by atoms with van der Waals surface area (Å²) in [5, 5.41) is 15.7. The van der Waals surface area contributed by atoms with E-state index in [1.54, 1.807) is 33.0 Å². The Morgan fingerprint density at radius 2 is 1.64 bits per heavy atom. The lowest BCUT2D eigenvalue weighted by Gasteiger charge is -2.40. The van der Waals surface area contributed by atoms with Crippen molar-refractivity contribution in [1.29, 1.82) is 0 Å². The molecule has 0 radical (unpaired) electrons. The van der Waals surface area contributed by atoms with Crippen LogP contribution in [0.5, 0.6) is 11.5 Å². The molecular formula is C37H53ClFN3O5. The molecule has 0 unspecified atom stereocenters. The molecule has 1 aliphatic rings. The fourth-order valence-electron chi connectivity index (χ4n) is 4.70. The molecule has 3 heterocycles. The molecular weight excluding hydrogens is 621 g/mol. The topological polar surface area (TPSA) is 105 Å². The van der Waals surface area contributed by atoms with Gasteiger partial charge in [0, 0.05) is 35.6 Å². The first-order valence-electron chi connectivity index (χ1n) is 15.8. The summed E-state index contributed by atoms with van der Waals surface area (Å²) >= 11 is 5.78. The van der Waals surface area contributed by atoms with Crippen molar-refractivity contribution >= 4 is 23.8 Å². The van der Waals surface area contributed by atoms with Gasteiger partial charge in [-0.05, 0) is 94.2 Å². The van der Waals surface area contributed by atoms with Gasteiger partial charge in [-0.2, -0.15) is 0 Å². The van der Waals surface area contributed by atoms with Gasteiger partial charge in [0.25, 0.3) is 6.47 Å². The molecule has 0 saturated carbocycles. The second-order valence-electron chi connectivity index (χ2n) is 13.3. The van der Waals surface area contributed by atoms with Crippen molar-refractivity contribution in [3.8, 4) is 22.8 Å². The monoisotopic (exact) mass is 673 g/mol. The van der Waals surface area contributed by atoms with Gasteiger partial charge in [-0.15, -0.1) is 13.2 Å². The van der Waals surface area contributed by atoms with E-state index in [2.05, 4.69) is 52.7 Å². The summed E-state index contributed by atoms with van der Waals surface area (Å²) in [6, 6.07) is 8.23. The molecule has 4 rings (SSSR count). The van der Waals surface area contributed by atoms with Crippen LogP contribution in [0.3, 0.4) is 0 Å². The Morgan fingerprint density at radius 3 is 2.15 bits per heavy atom. The zero-order valence-electron chi connectivity index (χ0n) is 29.3. The van der Waals surface area contributed by atoms with E-state index in [4.69, 9.17) is 46.1 Å². The summed E-state index contributed by atoms with van der Waals surface area (Å²) in [5.74, 6) is 0.824. The van der Waals surface area contributed by atoms with Gasteiger partial charge in [-0.25, -0.2) is 4.39 Å². The van der Waals surface area contributed by atoms with Gasteiger partial charge in [-0.3, -0.25) is 14.8 Å². The van der Waals surface area contributed by atoms with E-state index in [0.717, 1.165) is 49.3 Å². The van der Waals surface area contributed by atoms with Crippen LogP contribution in [0.1, 0.15) is 72.6 Å². The second-order valence-corrected chi connectivity index (χ2v) is 13.7. The van der Waals surface area contributed by atoms with Crippen LogP contribution >= 0.6 is 11.6 Å². The first-order chi connectivity index (χ1) is 22.0. The van der Waals surface area contributed by atoms with E-state index in [1.165, 1.54) is 23.4 Å². The third-order valence-corrected chi connectivity index (χ3v) is 7.16. The molecule has 0 bridgehead atoms. The molecule has 1 saturated heterocycles. The van der Waals surface area contributed by atoms with Crippen LogP contribution < -0.4 is 14.4 Å². The molecule has 1 aromatic carbocycles. The summed E-state index contributed by atoms with van der Waals surface area (Å²) < 4.78 is 25.1. The van der Waals surface area contributed by atoms with Crippen LogP contribution in [0.25, 0.3) is 11.3 Å². The van der Waals surface area contributed by atoms with Gasteiger partial charge >= 0.3 is 0 Å². The molecule has 0 spiro atoms. The average molecular weight is 674 g/mol. The molecule has 260 valence electrons. The van der Waals surface area contributed by atoms with Gasteiger partial charge < -0.3 is 24.6 Å². The molecule has 3 aromatic rings. The van der Waals surface area contributed by atoms with Crippen LogP contribution in [0.4, 0.5) is 10.1 Å². The number of benzene rings is 1. The number of aromatic nitrogens is 2. The van der Waals surface area contributed by atoms with Crippen molar-refractivity contribution in [3.05, 3.63) is 78.0 Å². The maximum absolute atomic E-state index is 13.9. The Labute approximate surface area is 285 Å². The van der Waals surface area contributed by atoms with E-state index in [1.807, 2.05) is 18.3 Å². The minimum atomic E-state index is -0.500. The number of rotatable bonds is 9. The Balaban J connectivity index is 0.000000978. The molecule has 0 amide bonds. The molecule has 0 aliphatic carbocycles. The van der Waals surface area contributed by atoms with Crippen molar-refractivity contribution in [1.82, 2.24) is 9.97 Å². The number of aryl methyl sites for hydroxylation is 1. The van der Waals surface area contributed by atoms with Crippen LogP contribution in [-0.4, -0.2) is 58.6 Å². The number of piperidine rings is 1. The van der Waals surface area contributed by atoms with E-state index in [0.29, 0.717) is 22.1 Å². The van der Waals surface area contributed by atoms with Crippen LogP contribution in [-0.2, 0) is 11.2 Å². The Bertz CT molecular complexity index is 1360. The lowest BCUT2D eigenvalue weighted by molar-refractivity contribution is -0.122. The SMILES string of the molecule is C=C.CC(C)(C)O.Cc1ncc(-c2ccc(OCCOc3ccc(Cl)cc3F)cn2)c(N2CCC(C)(C)CC2)c1CC(C)C.O=CO. The molecule has 1 fully saturated rings. The molecule has 0 atom stereocenters. The van der Waals surface area contributed by atoms with E-state index in [9.17, 15) is 4.39 Å². The number of ether oxygens (including phenoxy) is 2. The lowest BCUT2D eigenvalue weighted by atomic mass is 9.82. The van der Waals surface area contributed by atoms with Gasteiger partial charge in [-0.1, -0.05) is 39.3 Å². The van der Waals surface area contributed by atoms with Crippen molar-refractivity contribution in [2.24, 2.45) is 11.3 Å². The van der Waals surface area contributed by atoms with Crippen molar-refractivity contribution < 1.29 is 28.9 Å². The summed E-state index contributed by atoms with van der Waals surface area (Å²) in [6.45, 7) is 24.8. The smallest absolute Gasteiger partial charge is 0.290 e. The number of aliphatic hydroxyl groups is 1. The number of nitrogens with zero attached hydrogens (tertiary/aromatic N) is 3. The summed E-state index contributed by atoms with van der Waals surface area (Å²) in [6.07, 6.45) is 7.00. The van der Waals surface area contributed by atoms with Crippen LogP contribution in [0.15, 0.2) is 55.9 Å². The number of carbonyl (C=O) groups is 1. The predicted molar refractivity (Wildman–Crippen MR) is 190 cm³/mol. The highest BCUT2D eigenvalue weighted by atomic mass is 35.5.